The number of amides is 1. The molecule has 0 aliphatic heterocycles. The second-order valence-electron chi connectivity index (χ2n) is 6.41. The third-order valence-corrected chi connectivity index (χ3v) is 4.73. The zero-order valence-electron chi connectivity index (χ0n) is 15.7. The summed E-state index contributed by atoms with van der Waals surface area (Å²) in [5.74, 6) is -0.364. The van der Waals surface area contributed by atoms with Crippen molar-refractivity contribution >= 4 is 29.0 Å². The Hall–Kier alpha value is -2.22. The first-order valence-electron chi connectivity index (χ1n) is 8.77. The van der Waals surface area contributed by atoms with Gasteiger partial charge in [0.15, 0.2) is 0 Å². The van der Waals surface area contributed by atoms with Crippen LogP contribution in [-0.2, 0) is 0 Å². The van der Waals surface area contributed by atoms with Crippen molar-refractivity contribution in [3.8, 4) is 0 Å². The van der Waals surface area contributed by atoms with Crippen molar-refractivity contribution in [1.82, 2.24) is 5.32 Å². The van der Waals surface area contributed by atoms with Gasteiger partial charge in [-0.1, -0.05) is 13.8 Å². The highest BCUT2D eigenvalue weighted by atomic mass is 32.2. The summed E-state index contributed by atoms with van der Waals surface area (Å²) in [6.07, 6.45) is -0.836. The summed E-state index contributed by atoms with van der Waals surface area (Å²) < 4.78 is 0. The Balaban J connectivity index is 1.98. The third kappa shape index (κ3) is 6.78. The van der Waals surface area contributed by atoms with Crippen LogP contribution in [0.3, 0.4) is 0 Å². The molecule has 0 bridgehead atoms. The van der Waals surface area contributed by atoms with Gasteiger partial charge in [-0.3, -0.25) is 4.79 Å². The Morgan fingerprint density at radius 1 is 1.00 bits per heavy atom. The fourth-order valence-corrected chi connectivity index (χ4v) is 3.07. The van der Waals surface area contributed by atoms with Crippen molar-refractivity contribution in [2.24, 2.45) is 10.2 Å². The van der Waals surface area contributed by atoms with E-state index in [0.29, 0.717) is 16.5 Å². The second kappa shape index (κ2) is 10.2. The minimum absolute atomic E-state index is 0.329. The zero-order valence-corrected chi connectivity index (χ0v) is 16.5. The SMILES string of the molecule is CC(C)Sc1ccc(/N=N/c2ccc(C(=O)N[C@H](CO)[C@@H](C)O)cc2)cc1. The molecule has 144 valence electrons. The normalized spacial score (nSPS) is 13.7. The number of carbonyl (C=O) groups excluding carboxylic acids is 1. The Morgan fingerprint density at radius 3 is 1.96 bits per heavy atom. The summed E-state index contributed by atoms with van der Waals surface area (Å²) in [4.78, 5) is 13.3. The Bertz CT molecular complexity index is 759. The van der Waals surface area contributed by atoms with Gasteiger partial charge < -0.3 is 15.5 Å². The van der Waals surface area contributed by atoms with Crippen molar-refractivity contribution in [2.45, 2.75) is 43.1 Å². The highest BCUT2D eigenvalue weighted by Gasteiger charge is 2.17. The first-order valence-corrected chi connectivity index (χ1v) is 9.65. The first kappa shape index (κ1) is 21.1. The summed E-state index contributed by atoms with van der Waals surface area (Å²) in [5, 5.41) is 30.2. The predicted octanol–water partition coefficient (Wildman–Crippen LogP) is 4.07. The molecule has 2 aromatic carbocycles. The van der Waals surface area contributed by atoms with Crippen molar-refractivity contribution in [3.63, 3.8) is 0 Å². The van der Waals surface area contributed by atoms with Crippen LogP contribution in [0.15, 0.2) is 63.7 Å². The number of aliphatic hydroxyl groups excluding tert-OH is 2. The molecule has 0 radical (unpaired) electrons. The molecule has 2 atom stereocenters. The minimum Gasteiger partial charge on any atom is -0.394 e. The number of nitrogens with zero attached hydrogens (tertiary/aromatic N) is 2. The molecule has 0 aliphatic carbocycles. The number of hydrogen-bond donors (Lipinski definition) is 3. The lowest BCUT2D eigenvalue weighted by Gasteiger charge is -2.18. The van der Waals surface area contributed by atoms with Gasteiger partial charge in [0.05, 0.1) is 30.1 Å². The van der Waals surface area contributed by atoms with E-state index in [0.717, 1.165) is 5.69 Å². The van der Waals surface area contributed by atoms with E-state index in [1.807, 2.05) is 24.3 Å². The molecule has 3 N–H and O–H groups in total. The molecular weight excluding hydrogens is 362 g/mol. The molecule has 6 nitrogen and oxygen atoms in total. The average molecular weight is 388 g/mol. The zero-order chi connectivity index (χ0) is 19.8. The molecule has 0 heterocycles. The average Bonchev–Trinajstić information content (AvgIpc) is 2.65. The predicted molar refractivity (Wildman–Crippen MR) is 108 cm³/mol. The van der Waals surface area contributed by atoms with Crippen LogP contribution >= 0.6 is 11.8 Å². The van der Waals surface area contributed by atoms with E-state index in [-0.39, 0.29) is 12.5 Å². The molecule has 0 aliphatic rings. The lowest BCUT2D eigenvalue weighted by molar-refractivity contribution is 0.0758. The van der Waals surface area contributed by atoms with E-state index in [2.05, 4.69) is 29.4 Å². The largest absolute Gasteiger partial charge is 0.394 e. The smallest absolute Gasteiger partial charge is 0.251 e. The van der Waals surface area contributed by atoms with Crippen molar-refractivity contribution in [3.05, 3.63) is 54.1 Å². The summed E-state index contributed by atoms with van der Waals surface area (Å²) in [7, 11) is 0. The van der Waals surface area contributed by atoms with Crippen molar-refractivity contribution in [2.75, 3.05) is 6.61 Å². The quantitative estimate of drug-likeness (QED) is 0.470. The molecule has 7 heteroatoms. The molecule has 0 saturated heterocycles. The van der Waals surface area contributed by atoms with Crippen LogP contribution in [0.1, 0.15) is 31.1 Å². The summed E-state index contributed by atoms with van der Waals surface area (Å²) in [6.45, 7) is 5.48. The van der Waals surface area contributed by atoms with E-state index in [4.69, 9.17) is 0 Å². The molecule has 0 unspecified atom stereocenters. The molecule has 0 saturated carbocycles. The highest BCUT2D eigenvalue weighted by Crippen LogP contribution is 2.26. The molecule has 1 amide bonds. The van der Waals surface area contributed by atoms with E-state index in [1.165, 1.54) is 11.8 Å². The van der Waals surface area contributed by atoms with Gasteiger partial charge >= 0.3 is 0 Å². The number of rotatable bonds is 8. The summed E-state index contributed by atoms with van der Waals surface area (Å²) in [6, 6.07) is 13.8. The van der Waals surface area contributed by atoms with Gasteiger partial charge in [0.1, 0.15) is 0 Å². The molecule has 2 aromatic rings. The van der Waals surface area contributed by atoms with E-state index in [1.54, 1.807) is 36.0 Å². The number of hydrogen-bond acceptors (Lipinski definition) is 6. The van der Waals surface area contributed by atoms with Crippen molar-refractivity contribution < 1.29 is 15.0 Å². The maximum absolute atomic E-state index is 12.1. The standard InChI is InChI=1S/C20H25N3O3S/c1-13(2)27-18-10-8-17(9-11-18)23-22-16-6-4-15(5-7-16)20(26)21-19(12-24)14(3)25/h4-11,13-14,19,24-25H,12H2,1-3H3,(H,21,26)/b23-22+/t14-,19-/m1/s1. The maximum atomic E-state index is 12.1. The Labute approximate surface area is 163 Å². The molecule has 2 rings (SSSR count). The maximum Gasteiger partial charge on any atom is 0.251 e. The van der Waals surface area contributed by atoms with Crippen LogP contribution in [0.5, 0.6) is 0 Å². The van der Waals surface area contributed by atoms with Crippen LogP contribution in [0.25, 0.3) is 0 Å². The number of thioether (sulfide) groups is 1. The van der Waals surface area contributed by atoms with Gasteiger partial charge in [0.25, 0.3) is 5.91 Å². The first-order chi connectivity index (χ1) is 12.9. The molecule has 0 aromatic heterocycles. The lowest BCUT2D eigenvalue weighted by Crippen LogP contribution is -2.44. The summed E-state index contributed by atoms with van der Waals surface area (Å²) >= 11 is 1.79. The van der Waals surface area contributed by atoms with Gasteiger partial charge in [0.2, 0.25) is 0 Å². The van der Waals surface area contributed by atoms with E-state index >= 15 is 0 Å². The highest BCUT2D eigenvalue weighted by molar-refractivity contribution is 7.99. The topological polar surface area (TPSA) is 94.3 Å². The summed E-state index contributed by atoms with van der Waals surface area (Å²) in [5.41, 5.74) is 1.80. The van der Waals surface area contributed by atoms with Crippen LogP contribution in [0, 0.1) is 0 Å². The van der Waals surface area contributed by atoms with Crippen LogP contribution in [0.4, 0.5) is 11.4 Å². The Morgan fingerprint density at radius 2 is 1.52 bits per heavy atom. The van der Waals surface area contributed by atoms with E-state index in [9.17, 15) is 15.0 Å². The van der Waals surface area contributed by atoms with Crippen molar-refractivity contribution in [1.29, 1.82) is 0 Å². The van der Waals surface area contributed by atoms with Gasteiger partial charge in [-0.15, -0.1) is 11.8 Å². The molecule has 27 heavy (non-hydrogen) atoms. The van der Waals surface area contributed by atoms with Gasteiger partial charge in [-0.25, -0.2) is 0 Å². The van der Waals surface area contributed by atoms with Crippen LogP contribution in [-0.4, -0.2) is 40.1 Å². The number of azo groups is 1. The minimum atomic E-state index is -0.836. The number of nitrogens with one attached hydrogen (secondary N) is 1. The number of aliphatic hydroxyl groups is 2. The fourth-order valence-electron chi connectivity index (χ4n) is 2.23. The Kier molecular flexibility index (Phi) is 7.97. The molecular formula is C20H25N3O3S. The van der Waals surface area contributed by atoms with Gasteiger partial charge in [-0.2, -0.15) is 10.2 Å². The monoisotopic (exact) mass is 387 g/mol. The lowest BCUT2D eigenvalue weighted by atomic mass is 10.1. The third-order valence-electron chi connectivity index (χ3n) is 3.71. The number of benzene rings is 2. The molecule has 0 fully saturated rings. The van der Waals surface area contributed by atoms with Gasteiger partial charge in [0, 0.05) is 15.7 Å². The van der Waals surface area contributed by atoms with Gasteiger partial charge in [-0.05, 0) is 55.5 Å². The van der Waals surface area contributed by atoms with Crippen LogP contribution < -0.4 is 5.32 Å². The second-order valence-corrected chi connectivity index (χ2v) is 8.06. The van der Waals surface area contributed by atoms with E-state index < -0.39 is 12.1 Å². The van der Waals surface area contributed by atoms with Crippen LogP contribution in [0.2, 0.25) is 0 Å². The fraction of sp³-hybridized carbons (Fsp3) is 0.350. The number of carbonyl (C=O) groups is 1. The molecule has 0 spiro atoms.